The van der Waals surface area contributed by atoms with Crippen molar-refractivity contribution in [2.24, 2.45) is 0 Å². The highest BCUT2D eigenvalue weighted by atomic mass is 35.5. The minimum atomic E-state index is 0.390. The van der Waals surface area contributed by atoms with Crippen LogP contribution in [0.3, 0.4) is 0 Å². The minimum absolute atomic E-state index is 0.390. The number of nitriles is 1. The van der Waals surface area contributed by atoms with Gasteiger partial charge in [0.15, 0.2) is 0 Å². The molecule has 0 aliphatic carbocycles. The zero-order valence-electron chi connectivity index (χ0n) is 11.1. The molecule has 0 fully saturated rings. The summed E-state index contributed by atoms with van der Waals surface area (Å²) in [5.74, 6) is 0.722. The molecule has 0 spiro atoms. The molecule has 0 atom stereocenters. The van der Waals surface area contributed by atoms with Crippen LogP contribution in [0.25, 0.3) is 0 Å². The van der Waals surface area contributed by atoms with Crippen LogP contribution in [0.4, 0.5) is 0 Å². The molecule has 0 saturated heterocycles. The molecule has 0 amide bonds. The molecular formula is C16H14ClNO2. The Morgan fingerprint density at radius 1 is 1.10 bits per heavy atom. The maximum Gasteiger partial charge on any atom is 0.124 e. The summed E-state index contributed by atoms with van der Waals surface area (Å²) < 4.78 is 10.9. The average Bonchev–Trinajstić information content (AvgIpc) is 2.49. The fourth-order valence-corrected chi connectivity index (χ4v) is 1.95. The first-order chi connectivity index (χ1) is 9.72. The van der Waals surface area contributed by atoms with Crippen LogP contribution in [-0.2, 0) is 18.0 Å². The fourth-order valence-electron chi connectivity index (χ4n) is 1.82. The Kier molecular flexibility index (Phi) is 5.00. The van der Waals surface area contributed by atoms with Gasteiger partial charge in [0.1, 0.15) is 5.75 Å². The van der Waals surface area contributed by atoms with E-state index in [4.69, 9.17) is 26.3 Å². The van der Waals surface area contributed by atoms with Gasteiger partial charge >= 0.3 is 0 Å². The van der Waals surface area contributed by atoms with E-state index in [1.165, 1.54) is 0 Å². The predicted molar refractivity (Wildman–Crippen MR) is 77.7 cm³/mol. The highest BCUT2D eigenvalue weighted by Gasteiger charge is 2.05. The number of methoxy groups -OCH3 is 1. The molecule has 0 aliphatic heterocycles. The lowest BCUT2D eigenvalue weighted by atomic mass is 10.1. The van der Waals surface area contributed by atoms with Crippen LogP contribution in [-0.4, -0.2) is 7.11 Å². The Labute approximate surface area is 123 Å². The van der Waals surface area contributed by atoms with Crippen molar-refractivity contribution in [3.05, 3.63) is 64.2 Å². The number of hydrogen-bond acceptors (Lipinski definition) is 3. The molecule has 4 heteroatoms. The first kappa shape index (κ1) is 14.4. The summed E-state index contributed by atoms with van der Waals surface area (Å²) >= 11 is 5.83. The molecule has 2 aromatic carbocycles. The van der Waals surface area contributed by atoms with E-state index in [0.717, 1.165) is 16.9 Å². The molecule has 0 bridgehead atoms. The number of hydrogen-bond donors (Lipinski definition) is 0. The smallest absolute Gasteiger partial charge is 0.124 e. The van der Waals surface area contributed by atoms with Crippen molar-refractivity contribution in [1.82, 2.24) is 0 Å². The maximum absolute atomic E-state index is 8.91. The van der Waals surface area contributed by atoms with Crippen LogP contribution in [0, 0.1) is 11.3 Å². The van der Waals surface area contributed by atoms with E-state index >= 15 is 0 Å². The van der Waals surface area contributed by atoms with Gasteiger partial charge < -0.3 is 9.47 Å². The van der Waals surface area contributed by atoms with Crippen LogP contribution in [0.15, 0.2) is 42.5 Å². The molecule has 0 heterocycles. The van der Waals surface area contributed by atoms with Gasteiger partial charge in [0.25, 0.3) is 0 Å². The van der Waals surface area contributed by atoms with Gasteiger partial charge in [-0.3, -0.25) is 0 Å². The first-order valence-corrected chi connectivity index (χ1v) is 6.50. The highest BCUT2D eigenvalue weighted by molar-refractivity contribution is 6.30. The normalized spacial score (nSPS) is 10.1. The van der Waals surface area contributed by atoms with Crippen molar-refractivity contribution in [3.8, 4) is 11.8 Å². The molecular weight excluding hydrogens is 274 g/mol. The fraction of sp³-hybridized carbons (Fsp3) is 0.188. The van der Waals surface area contributed by atoms with E-state index in [1.54, 1.807) is 25.3 Å². The zero-order valence-corrected chi connectivity index (χ0v) is 11.9. The van der Waals surface area contributed by atoms with E-state index in [1.807, 2.05) is 24.3 Å². The van der Waals surface area contributed by atoms with Gasteiger partial charge in [0.05, 0.1) is 32.0 Å². The number of benzene rings is 2. The number of rotatable bonds is 5. The number of halogens is 1. The van der Waals surface area contributed by atoms with Crippen molar-refractivity contribution in [3.63, 3.8) is 0 Å². The van der Waals surface area contributed by atoms with E-state index in [-0.39, 0.29) is 0 Å². The van der Waals surface area contributed by atoms with E-state index < -0.39 is 0 Å². The van der Waals surface area contributed by atoms with Crippen LogP contribution < -0.4 is 4.74 Å². The van der Waals surface area contributed by atoms with Crippen LogP contribution >= 0.6 is 11.6 Å². The quantitative estimate of drug-likeness (QED) is 0.836. The van der Waals surface area contributed by atoms with Gasteiger partial charge in [0, 0.05) is 10.6 Å². The Balaban J connectivity index is 2.00. The minimum Gasteiger partial charge on any atom is -0.496 e. The molecule has 2 aromatic rings. The lowest BCUT2D eigenvalue weighted by Crippen LogP contribution is -1.98. The third-order valence-corrected chi connectivity index (χ3v) is 3.10. The second-order valence-electron chi connectivity index (χ2n) is 4.26. The second-order valence-corrected chi connectivity index (χ2v) is 4.69. The van der Waals surface area contributed by atoms with Crippen molar-refractivity contribution in [1.29, 1.82) is 5.26 Å². The average molecular weight is 288 g/mol. The first-order valence-electron chi connectivity index (χ1n) is 6.12. The summed E-state index contributed by atoms with van der Waals surface area (Å²) in [6.45, 7) is 0.873. The standard InChI is InChI=1S/C16H14ClNO2/c1-19-16-7-4-13(9-18)8-14(16)11-20-10-12-2-5-15(17)6-3-12/h2-8H,10-11H2,1H3. The third kappa shape index (κ3) is 3.74. The molecule has 20 heavy (non-hydrogen) atoms. The Hall–Kier alpha value is -2.02. The SMILES string of the molecule is COc1ccc(C#N)cc1COCc1ccc(Cl)cc1. The lowest BCUT2D eigenvalue weighted by molar-refractivity contribution is 0.105. The molecule has 0 saturated carbocycles. The van der Waals surface area contributed by atoms with E-state index in [9.17, 15) is 0 Å². The second kappa shape index (κ2) is 6.95. The number of nitrogens with zero attached hydrogens (tertiary/aromatic N) is 1. The van der Waals surface area contributed by atoms with Gasteiger partial charge in [-0.2, -0.15) is 5.26 Å². The molecule has 0 aromatic heterocycles. The zero-order chi connectivity index (χ0) is 14.4. The van der Waals surface area contributed by atoms with Gasteiger partial charge in [-0.05, 0) is 35.9 Å². The van der Waals surface area contributed by atoms with Crippen molar-refractivity contribution >= 4 is 11.6 Å². The molecule has 0 N–H and O–H groups in total. The Bertz CT molecular complexity index is 617. The van der Waals surface area contributed by atoms with Gasteiger partial charge in [-0.1, -0.05) is 23.7 Å². The molecule has 0 unspecified atom stereocenters. The molecule has 0 aliphatic rings. The summed E-state index contributed by atoms with van der Waals surface area (Å²) in [5, 5.41) is 9.62. The van der Waals surface area contributed by atoms with E-state index in [2.05, 4.69) is 6.07 Å². The maximum atomic E-state index is 8.91. The summed E-state index contributed by atoms with van der Waals surface area (Å²) in [4.78, 5) is 0. The Morgan fingerprint density at radius 3 is 2.50 bits per heavy atom. The monoisotopic (exact) mass is 287 g/mol. The van der Waals surface area contributed by atoms with Crippen LogP contribution in [0.2, 0.25) is 5.02 Å². The topological polar surface area (TPSA) is 42.2 Å². The van der Waals surface area contributed by atoms with Gasteiger partial charge in [0.2, 0.25) is 0 Å². The molecule has 3 nitrogen and oxygen atoms in total. The largest absolute Gasteiger partial charge is 0.496 e. The van der Waals surface area contributed by atoms with Gasteiger partial charge in [-0.25, -0.2) is 0 Å². The molecule has 0 radical (unpaired) electrons. The summed E-state index contributed by atoms with van der Waals surface area (Å²) in [6, 6.07) is 14.9. The summed E-state index contributed by atoms with van der Waals surface area (Å²) in [7, 11) is 1.60. The Morgan fingerprint density at radius 2 is 1.85 bits per heavy atom. The van der Waals surface area contributed by atoms with Crippen molar-refractivity contribution < 1.29 is 9.47 Å². The molecule has 102 valence electrons. The van der Waals surface area contributed by atoms with Crippen LogP contribution in [0.5, 0.6) is 5.75 Å². The summed E-state index contributed by atoms with van der Waals surface area (Å²) in [5.41, 5.74) is 2.50. The predicted octanol–water partition coefficient (Wildman–Crippen LogP) is 3.94. The molecule has 2 rings (SSSR count). The van der Waals surface area contributed by atoms with Gasteiger partial charge in [-0.15, -0.1) is 0 Å². The van der Waals surface area contributed by atoms with Crippen LogP contribution in [0.1, 0.15) is 16.7 Å². The third-order valence-electron chi connectivity index (χ3n) is 2.85. The highest BCUT2D eigenvalue weighted by Crippen LogP contribution is 2.21. The lowest BCUT2D eigenvalue weighted by Gasteiger charge is -2.09. The van der Waals surface area contributed by atoms with Crippen molar-refractivity contribution in [2.45, 2.75) is 13.2 Å². The van der Waals surface area contributed by atoms with Crippen molar-refractivity contribution in [2.75, 3.05) is 7.11 Å². The summed E-state index contributed by atoms with van der Waals surface area (Å²) in [6.07, 6.45) is 0. The van der Waals surface area contributed by atoms with E-state index in [0.29, 0.717) is 23.8 Å². The number of ether oxygens (including phenoxy) is 2.